The number of hydrogen-bond donors (Lipinski definition) is 2. The van der Waals surface area contributed by atoms with Gasteiger partial charge in [-0.05, 0) is 24.6 Å². The van der Waals surface area contributed by atoms with Crippen LogP contribution in [-0.2, 0) is 10.0 Å². The molecule has 0 radical (unpaired) electrons. The summed E-state index contributed by atoms with van der Waals surface area (Å²) in [6, 6.07) is 3.58. The summed E-state index contributed by atoms with van der Waals surface area (Å²) >= 11 is 5.72. The van der Waals surface area contributed by atoms with Crippen molar-refractivity contribution >= 4 is 27.3 Å². The van der Waals surface area contributed by atoms with Gasteiger partial charge in [-0.25, -0.2) is 8.42 Å². The summed E-state index contributed by atoms with van der Waals surface area (Å²) in [5, 5.41) is 0.313. The highest BCUT2D eigenvalue weighted by atomic mass is 35.5. The van der Waals surface area contributed by atoms with Gasteiger partial charge in [-0.3, -0.25) is 0 Å². The van der Waals surface area contributed by atoms with E-state index in [1.807, 2.05) is 0 Å². The number of nitrogen functional groups attached to an aromatic ring is 1. The van der Waals surface area contributed by atoms with Crippen LogP contribution in [0, 0.1) is 12.3 Å². The van der Waals surface area contributed by atoms with Crippen molar-refractivity contribution in [3.63, 3.8) is 0 Å². The Hall–Kier alpha value is -1.22. The molecule has 17 heavy (non-hydrogen) atoms. The standard InChI is InChI=1S/C11H13ClN2O2S/c1-3-8(4-2)14-17(15,16)9-5-6-10(12)11(13)7-9/h1,5-8,14H,4,13H2,2H3. The number of hydrogen-bond acceptors (Lipinski definition) is 3. The second-order valence-electron chi connectivity index (χ2n) is 3.43. The Kier molecular flexibility index (Phi) is 4.40. The Morgan fingerprint density at radius 1 is 1.59 bits per heavy atom. The zero-order chi connectivity index (χ0) is 13.1. The molecule has 92 valence electrons. The van der Waals surface area contributed by atoms with E-state index in [-0.39, 0.29) is 10.6 Å². The largest absolute Gasteiger partial charge is 0.397 e. The normalized spacial score (nSPS) is 13.0. The lowest BCUT2D eigenvalue weighted by molar-refractivity contribution is 0.570. The number of sulfonamides is 1. The molecule has 1 aromatic carbocycles. The van der Waals surface area contributed by atoms with E-state index in [1.165, 1.54) is 18.2 Å². The van der Waals surface area contributed by atoms with Crippen molar-refractivity contribution in [3.8, 4) is 12.3 Å². The van der Waals surface area contributed by atoms with Gasteiger partial charge in [-0.2, -0.15) is 4.72 Å². The van der Waals surface area contributed by atoms with Gasteiger partial charge in [-0.15, -0.1) is 6.42 Å². The SMILES string of the molecule is C#CC(CC)NS(=O)(=O)c1ccc(Cl)c(N)c1. The number of nitrogens with one attached hydrogen (secondary N) is 1. The highest BCUT2D eigenvalue weighted by Crippen LogP contribution is 2.22. The summed E-state index contributed by atoms with van der Waals surface area (Å²) in [7, 11) is -3.65. The van der Waals surface area contributed by atoms with E-state index in [4.69, 9.17) is 23.8 Å². The molecule has 0 aliphatic rings. The Balaban J connectivity index is 3.06. The fourth-order valence-electron chi connectivity index (χ4n) is 1.18. The van der Waals surface area contributed by atoms with Crippen molar-refractivity contribution in [2.24, 2.45) is 0 Å². The summed E-state index contributed by atoms with van der Waals surface area (Å²) in [5.41, 5.74) is 5.76. The zero-order valence-corrected chi connectivity index (χ0v) is 10.8. The van der Waals surface area contributed by atoms with E-state index in [9.17, 15) is 8.42 Å². The van der Waals surface area contributed by atoms with E-state index in [2.05, 4.69) is 10.6 Å². The molecule has 0 spiro atoms. The summed E-state index contributed by atoms with van der Waals surface area (Å²) in [5.74, 6) is 2.36. The molecule has 1 atom stereocenters. The number of terminal acetylenes is 1. The summed E-state index contributed by atoms with van der Waals surface area (Å²) in [4.78, 5) is 0.0492. The number of anilines is 1. The van der Waals surface area contributed by atoms with Crippen molar-refractivity contribution in [1.82, 2.24) is 4.72 Å². The molecular formula is C11H13ClN2O2S. The fourth-order valence-corrected chi connectivity index (χ4v) is 2.57. The highest BCUT2D eigenvalue weighted by Gasteiger charge is 2.18. The van der Waals surface area contributed by atoms with Crippen molar-refractivity contribution in [2.75, 3.05) is 5.73 Å². The lowest BCUT2D eigenvalue weighted by Crippen LogP contribution is -2.33. The topological polar surface area (TPSA) is 72.2 Å². The van der Waals surface area contributed by atoms with Gasteiger partial charge in [0.05, 0.1) is 21.6 Å². The quantitative estimate of drug-likeness (QED) is 0.646. The van der Waals surface area contributed by atoms with Gasteiger partial charge in [-0.1, -0.05) is 24.4 Å². The van der Waals surface area contributed by atoms with Crippen LogP contribution in [-0.4, -0.2) is 14.5 Å². The molecule has 0 aliphatic heterocycles. The molecule has 1 unspecified atom stereocenters. The predicted octanol–water partition coefficient (Wildman–Crippen LogP) is 1.61. The third-order valence-electron chi connectivity index (χ3n) is 2.18. The van der Waals surface area contributed by atoms with E-state index < -0.39 is 16.1 Å². The van der Waals surface area contributed by atoms with Gasteiger partial charge in [0.1, 0.15) is 0 Å². The third-order valence-corrected chi connectivity index (χ3v) is 4.00. The van der Waals surface area contributed by atoms with Gasteiger partial charge in [0, 0.05) is 0 Å². The molecule has 6 heteroatoms. The minimum Gasteiger partial charge on any atom is -0.397 e. The Morgan fingerprint density at radius 3 is 2.71 bits per heavy atom. The molecule has 0 saturated heterocycles. The number of benzene rings is 1. The maximum atomic E-state index is 11.9. The van der Waals surface area contributed by atoms with Gasteiger partial charge >= 0.3 is 0 Å². The summed E-state index contributed by atoms with van der Waals surface area (Å²) in [6.07, 6.45) is 5.71. The van der Waals surface area contributed by atoms with Gasteiger partial charge in [0.25, 0.3) is 0 Å². The van der Waals surface area contributed by atoms with Gasteiger partial charge in [0.15, 0.2) is 0 Å². The molecule has 0 amide bonds. The van der Waals surface area contributed by atoms with Crippen LogP contribution in [0.2, 0.25) is 5.02 Å². The van der Waals surface area contributed by atoms with Crippen LogP contribution in [0.1, 0.15) is 13.3 Å². The first kappa shape index (κ1) is 13.8. The molecule has 4 nitrogen and oxygen atoms in total. The highest BCUT2D eigenvalue weighted by molar-refractivity contribution is 7.89. The predicted molar refractivity (Wildman–Crippen MR) is 69.1 cm³/mol. The van der Waals surface area contributed by atoms with Crippen LogP contribution in [0.15, 0.2) is 23.1 Å². The minimum absolute atomic E-state index is 0.0492. The molecule has 0 heterocycles. The van der Waals surface area contributed by atoms with Crippen LogP contribution in [0.25, 0.3) is 0 Å². The number of halogens is 1. The summed E-state index contributed by atoms with van der Waals surface area (Å²) < 4.78 is 26.2. The second kappa shape index (κ2) is 5.41. The Morgan fingerprint density at radius 2 is 2.24 bits per heavy atom. The molecule has 0 saturated carbocycles. The Labute approximate surface area is 106 Å². The maximum absolute atomic E-state index is 11.9. The molecule has 0 aromatic heterocycles. The van der Waals surface area contributed by atoms with E-state index >= 15 is 0 Å². The fraction of sp³-hybridized carbons (Fsp3) is 0.273. The Bertz CT molecular complexity index is 549. The van der Waals surface area contributed by atoms with E-state index in [0.717, 1.165) is 0 Å². The van der Waals surface area contributed by atoms with Crippen LogP contribution in [0.3, 0.4) is 0 Å². The number of nitrogens with two attached hydrogens (primary N) is 1. The van der Waals surface area contributed by atoms with Gasteiger partial charge < -0.3 is 5.73 Å². The molecular weight excluding hydrogens is 260 g/mol. The van der Waals surface area contributed by atoms with Crippen molar-refractivity contribution < 1.29 is 8.42 Å². The molecule has 0 bridgehead atoms. The second-order valence-corrected chi connectivity index (χ2v) is 5.55. The first-order valence-electron chi connectivity index (χ1n) is 4.94. The average molecular weight is 273 g/mol. The van der Waals surface area contributed by atoms with Gasteiger partial charge in [0.2, 0.25) is 10.0 Å². The molecule has 1 rings (SSSR count). The van der Waals surface area contributed by atoms with Crippen LogP contribution < -0.4 is 10.5 Å². The first-order chi connectivity index (χ1) is 7.90. The van der Waals surface area contributed by atoms with E-state index in [0.29, 0.717) is 11.4 Å². The van der Waals surface area contributed by atoms with Crippen molar-refractivity contribution in [3.05, 3.63) is 23.2 Å². The lowest BCUT2D eigenvalue weighted by Gasteiger charge is -2.12. The molecule has 0 aliphatic carbocycles. The van der Waals surface area contributed by atoms with Crippen LogP contribution in [0.5, 0.6) is 0 Å². The van der Waals surface area contributed by atoms with Crippen molar-refractivity contribution in [2.45, 2.75) is 24.3 Å². The average Bonchev–Trinajstić information content (AvgIpc) is 2.29. The minimum atomic E-state index is -3.65. The molecule has 3 N–H and O–H groups in total. The lowest BCUT2D eigenvalue weighted by atomic mass is 10.3. The maximum Gasteiger partial charge on any atom is 0.241 e. The van der Waals surface area contributed by atoms with E-state index in [1.54, 1.807) is 6.92 Å². The van der Waals surface area contributed by atoms with Crippen LogP contribution in [0.4, 0.5) is 5.69 Å². The molecule has 1 aromatic rings. The number of rotatable bonds is 4. The summed E-state index contributed by atoms with van der Waals surface area (Å²) in [6.45, 7) is 1.79. The molecule has 0 fully saturated rings. The van der Waals surface area contributed by atoms with Crippen LogP contribution >= 0.6 is 11.6 Å². The van der Waals surface area contributed by atoms with Crippen molar-refractivity contribution in [1.29, 1.82) is 0 Å². The first-order valence-corrected chi connectivity index (χ1v) is 6.80. The smallest absolute Gasteiger partial charge is 0.241 e. The monoisotopic (exact) mass is 272 g/mol. The third kappa shape index (κ3) is 3.37. The zero-order valence-electron chi connectivity index (χ0n) is 9.27.